The van der Waals surface area contributed by atoms with Crippen molar-refractivity contribution in [3.63, 3.8) is 0 Å². The van der Waals surface area contributed by atoms with E-state index in [0.29, 0.717) is 12.2 Å². The minimum Gasteiger partial charge on any atom is -0.495 e. The number of methoxy groups -OCH3 is 1. The van der Waals surface area contributed by atoms with E-state index in [1.165, 1.54) is 5.69 Å². The number of nitrogens with zero attached hydrogens (tertiary/aromatic N) is 3. The number of para-hydroxylation sites is 3. The number of nitrogens with one attached hydrogen (secondary N) is 1. The number of fused-ring (bicyclic) bond motifs is 1. The molecule has 10 nitrogen and oxygen atoms in total. The molecule has 0 spiro atoms. The summed E-state index contributed by atoms with van der Waals surface area (Å²) in [5.74, 6) is -2.81. The number of benzene rings is 2. The molecule has 1 aliphatic heterocycles. The highest BCUT2D eigenvalue weighted by molar-refractivity contribution is 6.27. The molecule has 1 amide bonds. The fraction of sp³-hybridized carbons (Fsp3) is 0.333. The molecule has 37 heavy (non-hydrogen) atoms. The number of amides is 1. The molecule has 3 N–H and O–H groups in total. The number of carbonyl (C=O) groups is 3. The molecule has 0 atom stereocenters. The third-order valence-electron chi connectivity index (χ3n) is 6.00. The van der Waals surface area contributed by atoms with Crippen molar-refractivity contribution in [2.45, 2.75) is 12.8 Å². The van der Waals surface area contributed by atoms with Crippen molar-refractivity contribution in [3.05, 3.63) is 66.4 Å². The summed E-state index contributed by atoms with van der Waals surface area (Å²) in [5.41, 5.74) is 2.50. The Kier molecular flexibility index (Phi) is 10.2. The number of carboxylic acids is 2. The Balaban J connectivity index is 0.000000568. The van der Waals surface area contributed by atoms with Gasteiger partial charge in [0.25, 0.3) is 5.91 Å². The molecule has 10 heteroatoms. The topological polar surface area (TPSA) is 132 Å². The summed E-state index contributed by atoms with van der Waals surface area (Å²) >= 11 is 0. The van der Waals surface area contributed by atoms with Gasteiger partial charge >= 0.3 is 11.9 Å². The van der Waals surface area contributed by atoms with Gasteiger partial charge in [0.1, 0.15) is 11.4 Å². The lowest BCUT2D eigenvalue weighted by atomic mass is 10.2. The van der Waals surface area contributed by atoms with Crippen LogP contribution in [0.3, 0.4) is 0 Å². The number of carboxylic acid groups (broad SMARTS) is 2. The highest BCUT2D eigenvalue weighted by Crippen LogP contribution is 2.28. The molecule has 1 fully saturated rings. The Morgan fingerprint density at radius 2 is 1.57 bits per heavy atom. The first kappa shape index (κ1) is 27.4. The first-order valence-electron chi connectivity index (χ1n) is 12.1. The van der Waals surface area contributed by atoms with E-state index in [-0.39, 0.29) is 5.91 Å². The standard InChI is InChI=1S/C25H30N4O2.C2H2O4/c1-31-24-11-5-4-10-23(24)29-18-16-28(17-19-29)15-7-6-14-26-25(30)22-13-12-20-8-2-3-9-21(20)27-22;3-1(4)2(5)6/h2-5,8-13H,6-7,14-19H2,1H3,(H,26,30);(H,3,4)(H,5,6). The Morgan fingerprint density at radius 3 is 2.27 bits per heavy atom. The second kappa shape index (κ2) is 13.8. The maximum atomic E-state index is 12.4. The molecule has 0 unspecified atom stereocenters. The van der Waals surface area contributed by atoms with Crippen LogP contribution in [0.25, 0.3) is 10.9 Å². The van der Waals surface area contributed by atoms with E-state index in [9.17, 15) is 4.79 Å². The largest absolute Gasteiger partial charge is 0.495 e. The van der Waals surface area contributed by atoms with Gasteiger partial charge in [0.05, 0.1) is 18.3 Å². The summed E-state index contributed by atoms with van der Waals surface area (Å²) in [5, 5.41) is 18.8. The first-order valence-corrected chi connectivity index (χ1v) is 12.1. The minimum atomic E-state index is -1.82. The predicted octanol–water partition coefficient (Wildman–Crippen LogP) is 2.73. The van der Waals surface area contributed by atoms with Crippen LogP contribution in [0.1, 0.15) is 23.3 Å². The van der Waals surface area contributed by atoms with Gasteiger partial charge in [0.2, 0.25) is 0 Å². The summed E-state index contributed by atoms with van der Waals surface area (Å²) in [6.07, 6.45) is 2.03. The number of rotatable bonds is 8. The monoisotopic (exact) mass is 508 g/mol. The van der Waals surface area contributed by atoms with Gasteiger partial charge in [-0.25, -0.2) is 14.6 Å². The SMILES string of the molecule is COc1ccccc1N1CCN(CCCCNC(=O)c2ccc3ccccc3n2)CC1.O=C(O)C(=O)O. The van der Waals surface area contributed by atoms with Crippen molar-refractivity contribution < 1.29 is 29.3 Å². The summed E-state index contributed by atoms with van der Waals surface area (Å²) in [6.45, 7) is 5.84. The molecule has 196 valence electrons. The Labute approximate surface area is 215 Å². The van der Waals surface area contributed by atoms with Gasteiger partial charge in [0, 0.05) is 38.1 Å². The Bertz CT molecular complexity index is 1200. The van der Waals surface area contributed by atoms with Crippen LogP contribution >= 0.6 is 0 Å². The van der Waals surface area contributed by atoms with E-state index in [1.54, 1.807) is 13.2 Å². The number of anilines is 1. The number of ether oxygens (including phenoxy) is 1. The Morgan fingerprint density at radius 1 is 0.892 bits per heavy atom. The zero-order valence-corrected chi connectivity index (χ0v) is 20.8. The van der Waals surface area contributed by atoms with Crippen LogP contribution in [0, 0.1) is 0 Å². The van der Waals surface area contributed by atoms with Gasteiger partial charge in [-0.05, 0) is 43.7 Å². The molecule has 0 aliphatic carbocycles. The first-order chi connectivity index (χ1) is 17.9. The molecule has 0 radical (unpaired) electrons. The maximum Gasteiger partial charge on any atom is 0.414 e. The van der Waals surface area contributed by atoms with E-state index < -0.39 is 11.9 Å². The molecule has 2 heterocycles. The number of pyridine rings is 1. The van der Waals surface area contributed by atoms with Crippen molar-refractivity contribution in [1.29, 1.82) is 0 Å². The van der Waals surface area contributed by atoms with Crippen molar-refractivity contribution in [3.8, 4) is 5.75 Å². The molecule has 3 aromatic rings. The van der Waals surface area contributed by atoms with E-state index in [0.717, 1.165) is 62.2 Å². The van der Waals surface area contributed by atoms with Crippen LogP contribution < -0.4 is 15.0 Å². The van der Waals surface area contributed by atoms with Crippen molar-refractivity contribution in [1.82, 2.24) is 15.2 Å². The second-order valence-corrected chi connectivity index (χ2v) is 8.46. The highest BCUT2D eigenvalue weighted by Gasteiger charge is 2.19. The third kappa shape index (κ3) is 8.18. The number of unbranched alkanes of at least 4 members (excludes halogenated alkanes) is 1. The maximum absolute atomic E-state index is 12.4. The molecule has 2 aromatic carbocycles. The van der Waals surface area contributed by atoms with Gasteiger partial charge in [-0.3, -0.25) is 9.69 Å². The minimum absolute atomic E-state index is 0.101. The summed E-state index contributed by atoms with van der Waals surface area (Å²) < 4.78 is 5.50. The lowest BCUT2D eigenvalue weighted by molar-refractivity contribution is -0.159. The normalized spacial score (nSPS) is 13.4. The van der Waals surface area contributed by atoms with Crippen LogP contribution in [0.4, 0.5) is 5.69 Å². The Hall–Kier alpha value is -4.18. The number of aliphatic carboxylic acids is 2. The van der Waals surface area contributed by atoms with Gasteiger partial charge in [0.15, 0.2) is 0 Å². The van der Waals surface area contributed by atoms with E-state index in [2.05, 4.69) is 32.2 Å². The van der Waals surface area contributed by atoms with Crippen molar-refractivity contribution in [2.24, 2.45) is 0 Å². The van der Waals surface area contributed by atoms with Crippen molar-refractivity contribution in [2.75, 3.05) is 51.3 Å². The average Bonchev–Trinajstić information content (AvgIpc) is 2.93. The lowest BCUT2D eigenvalue weighted by Crippen LogP contribution is -2.46. The van der Waals surface area contributed by atoms with Gasteiger partial charge in [-0.2, -0.15) is 0 Å². The van der Waals surface area contributed by atoms with Gasteiger partial charge < -0.3 is 25.2 Å². The van der Waals surface area contributed by atoms with E-state index >= 15 is 0 Å². The number of carbonyl (C=O) groups excluding carboxylic acids is 1. The molecule has 1 aromatic heterocycles. The van der Waals surface area contributed by atoms with Crippen LogP contribution in [0.5, 0.6) is 5.75 Å². The van der Waals surface area contributed by atoms with Crippen LogP contribution in [0.2, 0.25) is 0 Å². The smallest absolute Gasteiger partial charge is 0.414 e. The number of aromatic nitrogens is 1. The average molecular weight is 509 g/mol. The highest BCUT2D eigenvalue weighted by atomic mass is 16.5. The number of piperazine rings is 1. The van der Waals surface area contributed by atoms with Gasteiger partial charge in [-0.1, -0.05) is 36.4 Å². The molecule has 1 saturated heterocycles. The third-order valence-corrected chi connectivity index (χ3v) is 6.00. The summed E-state index contributed by atoms with van der Waals surface area (Å²) in [4.78, 5) is 39.9. The van der Waals surface area contributed by atoms with Crippen LogP contribution in [0.15, 0.2) is 60.7 Å². The van der Waals surface area contributed by atoms with Crippen molar-refractivity contribution >= 4 is 34.4 Å². The molecule has 0 bridgehead atoms. The van der Waals surface area contributed by atoms with Crippen LogP contribution in [-0.4, -0.2) is 84.3 Å². The molecule has 0 saturated carbocycles. The fourth-order valence-corrected chi connectivity index (χ4v) is 4.05. The van der Waals surface area contributed by atoms with Crippen LogP contribution in [-0.2, 0) is 9.59 Å². The number of hydrogen-bond donors (Lipinski definition) is 3. The summed E-state index contributed by atoms with van der Waals surface area (Å²) in [7, 11) is 1.73. The molecule has 1 aliphatic rings. The molecular weight excluding hydrogens is 476 g/mol. The quantitative estimate of drug-likeness (QED) is 0.310. The van der Waals surface area contributed by atoms with E-state index in [4.69, 9.17) is 24.5 Å². The second-order valence-electron chi connectivity index (χ2n) is 8.46. The van der Waals surface area contributed by atoms with E-state index in [1.807, 2.05) is 42.5 Å². The predicted molar refractivity (Wildman–Crippen MR) is 140 cm³/mol. The number of hydrogen-bond acceptors (Lipinski definition) is 7. The van der Waals surface area contributed by atoms with Gasteiger partial charge in [-0.15, -0.1) is 0 Å². The summed E-state index contributed by atoms with van der Waals surface area (Å²) in [6, 6.07) is 19.8. The lowest BCUT2D eigenvalue weighted by Gasteiger charge is -2.36. The molecule has 4 rings (SSSR count). The zero-order valence-electron chi connectivity index (χ0n) is 20.8. The molecular formula is C27H32N4O6. The fourth-order valence-electron chi connectivity index (χ4n) is 4.05. The zero-order chi connectivity index (χ0) is 26.6.